The van der Waals surface area contributed by atoms with Gasteiger partial charge in [-0.15, -0.1) is 0 Å². The molecule has 0 bridgehead atoms. The number of carbonyl (C=O) groups excluding carboxylic acids is 1. The van der Waals surface area contributed by atoms with Crippen molar-refractivity contribution in [3.63, 3.8) is 0 Å². The lowest BCUT2D eigenvalue weighted by Crippen LogP contribution is -2.50. The highest BCUT2D eigenvalue weighted by Crippen LogP contribution is 2.26. The number of amides is 1. The summed E-state index contributed by atoms with van der Waals surface area (Å²) in [5.74, 6) is 1.17. The Morgan fingerprint density at radius 2 is 1.60 bits per heavy atom. The molecule has 0 atom stereocenters. The minimum atomic E-state index is -3.45. The molecule has 3 aliphatic rings. The number of rotatable bonds is 4. The largest absolute Gasteiger partial charge is 0.357 e. The molecular formula is C21H33N5O3S. The second-order valence-corrected chi connectivity index (χ2v) is 10.6. The van der Waals surface area contributed by atoms with Gasteiger partial charge in [-0.05, 0) is 44.9 Å². The van der Waals surface area contributed by atoms with Gasteiger partial charge in [0, 0.05) is 64.5 Å². The van der Waals surface area contributed by atoms with Crippen molar-refractivity contribution in [1.29, 1.82) is 0 Å². The van der Waals surface area contributed by atoms with Crippen LogP contribution in [0.25, 0.3) is 0 Å². The van der Waals surface area contributed by atoms with E-state index >= 15 is 0 Å². The fourth-order valence-corrected chi connectivity index (χ4v) is 6.07. The van der Waals surface area contributed by atoms with Crippen LogP contribution in [0.2, 0.25) is 0 Å². The lowest BCUT2D eigenvalue weighted by atomic mass is 9.95. The Morgan fingerprint density at radius 3 is 2.20 bits per heavy atom. The van der Waals surface area contributed by atoms with Crippen LogP contribution in [0.5, 0.6) is 0 Å². The maximum Gasteiger partial charge on any atom is 0.244 e. The average molecular weight is 436 g/mol. The van der Waals surface area contributed by atoms with Crippen LogP contribution in [0.4, 0.5) is 5.82 Å². The van der Waals surface area contributed by atoms with Gasteiger partial charge in [0.1, 0.15) is 10.7 Å². The van der Waals surface area contributed by atoms with Crippen LogP contribution < -0.4 is 4.90 Å². The molecule has 0 aliphatic carbocycles. The molecule has 1 amide bonds. The Labute approximate surface area is 179 Å². The monoisotopic (exact) mass is 435 g/mol. The molecule has 0 saturated carbocycles. The first-order valence-electron chi connectivity index (χ1n) is 11.1. The Morgan fingerprint density at radius 1 is 0.933 bits per heavy atom. The number of carbonyl (C=O) groups is 1. The third kappa shape index (κ3) is 4.63. The highest BCUT2D eigenvalue weighted by molar-refractivity contribution is 7.89. The summed E-state index contributed by atoms with van der Waals surface area (Å²) in [4.78, 5) is 24.0. The first-order chi connectivity index (χ1) is 14.4. The van der Waals surface area contributed by atoms with Gasteiger partial charge in [-0.3, -0.25) is 4.79 Å². The predicted octanol–water partition coefficient (Wildman–Crippen LogP) is 1.25. The van der Waals surface area contributed by atoms with Gasteiger partial charge in [-0.1, -0.05) is 6.42 Å². The van der Waals surface area contributed by atoms with Gasteiger partial charge in [0.05, 0.1) is 0 Å². The first-order valence-corrected chi connectivity index (χ1v) is 12.6. The highest BCUT2D eigenvalue weighted by atomic mass is 32.2. The van der Waals surface area contributed by atoms with Crippen molar-refractivity contribution in [2.45, 2.75) is 37.0 Å². The lowest BCUT2D eigenvalue weighted by Gasteiger charge is -2.37. The van der Waals surface area contributed by atoms with Crippen molar-refractivity contribution >= 4 is 21.7 Å². The zero-order valence-corrected chi connectivity index (χ0v) is 18.7. The van der Waals surface area contributed by atoms with E-state index in [9.17, 15) is 13.2 Å². The number of piperidine rings is 2. The van der Waals surface area contributed by atoms with E-state index in [4.69, 9.17) is 0 Å². The van der Waals surface area contributed by atoms with Crippen molar-refractivity contribution in [3.8, 4) is 0 Å². The zero-order chi connectivity index (χ0) is 21.1. The van der Waals surface area contributed by atoms with Crippen molar-refractivity contribution < 1.29 is 13.2 Å². The van der Waals surface area contributed by atoms with Gasteiger partial charge < -0.3 is 14.7 Å². The fourth-order valence-electron chi connectivity index (χ4n) is 4.61. The van der Waals surface area contributed by atoms with E-state index < -0.39 is 10.0 Å². The Kier molecular flexibility index (Phi) is 6.60. The first kappa shape index (κ1) is 21.5. The standard InChI is InChI=1S/C21H33N5O3S/c1-23-13-15-25(16-14-23)21(27)18-7-11-24(12-8-18)20-6-5-19(17-22-20)30(28,29)26-9-3-2-4-10-26/h5-6,17-18H,2-4,7-16H2,1H3. The van der Waals surface area contributed by atoms with Crippen molar-refractivity contribution in [2.75, 3.05) is 64.3 Å². The summed E-state index contributed by atoms with van der Waals surface area (Å²) in [6.07, 6.45) is 6.07. The molecule has 3 saturated heterocycles. The number of likely N-dealkylation sites (N-methyl/N-ethyl adjacent to an activating group) is 1. The maximum absolute atomic E-state index is 12.8. The smallest absolute Gasteiger partial charge is 0.244 e. The second kappa shape index (κ2) is 9.20. The van der Waals surface area contributed by atoms with E-state index in [1.165, 1.54) is 6.20 Å². The van der Waals surface area contributed by atoms with E-state index in [1.807, 2.05) is 4.90 Å². The van der Waals surface area contributed by atoms with Crippen LogP contribution in [0.3, 0.4) is 0 Å². The van der Waals surface area contributed by atoms with Crippen LogP contribution in [0.15, 0.2) is 23.2 Å². The van der Waals surface area contributed by atoms with Gasteiger partial charge in [-0.2, -0.15) is 4.31 Å². The Hall–Kier alpha value is -1.71. The quantitative estimate of drug-likeness (QED) is 0.708. The maximum atomic E-state index is 12.8. The number of pyridine rings is 1. The van der Waals surface area contributed by atoms with E-state index in [0.717, 1.165) is 77.2 Å². The van der Waals surface area contributed by atoms with Crippen molar-refractivity contribution in [1.82, 2.24) is 19.1 Å². The van der Waals surface area contributed by atoms with Gasteiger partial charge >= 0.3 is 0 Å². The number of nitrogens with zero attached hydrogens (tertiary/aromatic N) is 5. The van der Waals surface area contributed by atoms with Gasteiger partial charge in [0.25, 0.3) is 0 Å². The summed E-state index contributed by atoms with van der Waals surface area (Å²) in [6.45, 7) is 6.28. The topological polar surface area (TPSA) is 77.1 Å². The molecule has 0 unspecified atom stereocenters. The fraction of sp³-hybridized carbons (Fsp3) is 0.714. The number of anilines is 1. The molecule has 0 aromatic carbocycles. The molecule has 4 rings (SSSR count). The highest BCUT2D eigenvalue weighted by Gasteiger charge is 2.31. The molecule has 8 nitrogen and oxygen atoms in total. The van der Waals surface area contributed by atoms with Crippen molar-refractivity contribution in [3.05, 3.63) is 18.3 Å². The van der Waals surface area contributed by atoms with E-state index in [-0.39, 0.29) is 10.8 Å². The molecule has 166 valence electrons. The van der Waals surface area contributed by atoms with Crippen LogP contribution in [-0.4, -0.2) is 92.8 Å². The minimum absolute atomic E-state index is 0.0865. The third-order valence-electron chi connectivity index (χ3n) is 6.66. The summed E-state index contributed by atoms with van der Waals surface area (Å²) in [5.41, 5.74) is 0. The minimum Gasteiger partial charge on any atom is -0.357 e. The van der Waals surface area contributed by atoms with E-state index in [2.05, 4.69) is 21.8 Å². The third-order valence-corrected chi connectivity index (χ3v) is 8.54. The summed E-state index contributed by atoms with van der Waals surface area (Å²) >= 11 is 0. The number of piperazine rings is 1. The van der Waals surface area contributed by atoms with Crippen LogP contribution in [-0.2, 0) is 14.8 Å². The van der Waals surface area contributed by atoms with Gasteiger partial charge in [0.2, 0.25) is 15.9 Å². The summed E-state index contributed by atoms with van der Waals surface area (Å²) < 4.78 is 27.2. The van der Waals surface area contributed by atoms with E-state index in [0.29, 0.717) is 19.0 Å². The molecule has 9 heteroatoms. The Bertz CT molecular complexity index is 823. The van der Waals surface area contributed by atoms with Crippen LogP contribution in [0.1, 0.15) is 32.1 Å². The molecule has 0 spiro atoms. The zero-order valence-electron chi connectivity index (χ0n) is 17.9. The molecule has 1 aromatic heterocycles. The molecule has 0 N–H and O–H groups in total. The van der Waals surface area contributed by atoms with Crippen LogP contribution >= 0.6 is 0 Å². The number of aromatic nitrogens is 1. The van der Waals surface area contributed by atoms with Crippen molar-refractivity contribution in [2.24, 2.45) is 5.92 Å². The lowest BCUT2D eigenvalue weighted by molar-refractivity contribution is -0.137. The predicted molar refractivity (Wildman–Crippen MR) is 116 cm³/mol. The number of sulfonamides is 1. The summed E-state index contributed by atoms with van der Waals surface area (Å²) in [6, 6.07) is 3.48. The van der Waals surface area contributed by atoms with Gasteiger partial charge in [0.15, 0.2) is 0 Å². The molecule has 3 aliphatic heterocycles. The SMILES string of the molecule is CN1CCN(C(=O)C2CCN(c3ccc(S(=O)(=O)N4CCCCC4)cn3)CC2)CC1. The number of hydrogen-bond acceptors (Lipinski definition) is 6. The normalized spacial score (nSPS) is 23.0. The molecule has 4 heterocycles. The molecule has 3 fully saturated rings. The summed E-state index contributed by atoms with van der Waals surface area (Å²) in [7, 11) is -1.35. The molecule has 1 aromatic rings. The number of hydrogen-bond donors (Lipinski definition) is 0. The molecular weight excluding hydrogens is 402 g/mol. The molecule has 30 heavy (non-hydrogen) atoms. The Balaban J connectivity index is 1.33. The van der Waals surface area contributed by atoms with E-state index in [1.54, 1.807) is 16.4 Å². The molecule has 0 radical (unpaired) electrons. The van der Waals surface area contributed by atoms with Gasteiger partial charge in [-0.25, -0.2) is 13.4 Å². The average Bonchev–Trinajstić information content (AvgIpc) is 2.80. The second-order valence-electron chi connectivity index (χ2n) is 8.71. The van der Waals surface area contributed by atoms with Crippen LogP contribution in [0, 0.1) is 5.92 Å². The summed E-state index contributed by atoms with van der Waals surface area (Å²) in [5, 5.41) is 0.